The van der Waals surface area contributed by atoms with E-state index >= 15 is 0 Å². The summed E-state index contributed by atoms with van der Waals surface area (Å²) in [6, 6.07) is 26.0. The molecule has 0 aliphatic carbocycles. The third kappa shape index (κ3) is 4.23. The molecule has 0 radical (unpaired) electrons. The van der Waals surface area contributed by atoms with Crippen molar-refractivity contribution in [1.29, 1.82) is 0 Å². The van der Waals surface area contributed by atoms with Gasteiger partial charge >= 0.3 is 17.7 Å². The molecule has 0 saturated heterocycles. The first-order chi connectivity index (χ1) is 16.1. The summed E-state index contributed by atoms with van der Waals surface area (Å²) in [6.45, 7) is 0. The lowest BCUT2D eigenvalue weighted by molar-refractivity contribution is -0.552. The van der Waals surface area contributed by atoms with Crippen LogP contribution in [-0.4, -0.2) is 28.0 Å². The van der Waals surface area contributed by atoms with Crippen LogP contribution in [0.5, 0.6) is 0 Å². The summed E-state index contributed by atoms with van der Waals surface area (Å²) in [4.78, 5) is 29.6. The van der Waals surface area contributed by atoms with Crippen LogP contribution < -0.4 is 9.88 Å². The number of nitrogens with one attached hydrogen (secondary N) is 1. The number of fused-ring (bicyclic) bond motifs is 1. The number of aromatic carboxylic acids is 1. The molecule has 162 valence electrons. The van der Waals surface area contributed by atoms with Gasteiger partial charge in [-0.05, 0) is 23.3 Å². The van der Waals surface area contributed by atoms with Crippen molar-refractivity contribution >= 4 is 17.7 Å². The lowest BCUT2D eigenvalue weighted by atomic mass is 10.0. The van der Waals surface area contributed by atoms with Crippen molar-refractivity contribution in [3.63, 3.8) is 0 Å². The lowest BCUT2D eigenvalue weighted by Gasteiger charge is -2.07. The number of hydrogen-bond acceptors (Lipinski definition) is 4. The molecular formula is C27H22N3O3+. The first-order valence-corrected chi connectivity index (χ1v) is 10.8. The molecule has 0 fully saturated rings. The average molecular weight is 436 g/mol. The smallest absolute Gasteiger partial charge is 0.359 e. The fraction of sp³-hybridized carbons (Fsp3) is 0.111. The van der Waals surface area contributed by atoms with Gasteiger partial charge in [-0.15, -0.1) is 0 Å². The number of benzene rings is 3. The number of rotatable bonds is 6. The van der Waals surface area contributed by atoms with E-state index in [1.54, 1.807) is 29.0 Å². The topological polar surface area (TPSA) is 83.2 Å². The van der Waals surface area contributed by atoms with Crippen LogP contribution >= 0.6 is 0 Å². The van der Waals surface area contributed by atoms with Gasteiger partial charge in [-0.1, -0.05) is 72.8 Å². The highest BCUT2D eigenvalue weighted by molar-refractivity contribution is 5.88. The summed E-state index contributed by atoms with van der Waals surface area (Å²) < 4.78 is 1.65. The fourth-order valence-electron chi connectivity index (χ4n) is 4.14. The quantitative estimate of drug-likeness (QED) is 0.447. The minimum atomic E-state index is -0.984. The normalized spacial score (nSPS) is 14.5. The molecule has 5 rings (SSSR count). The van der Waals surface area contributed by atoms with Gasteiger partial charge in [0.15, 0.2) is 6.04 Å². The van der Waals surface area contributed by atoms with E-state index in [1.807, 2.05) is 66.7 Å². The number of nitrogens with zero attached hydrogens (tertiary/aromatic N) is 2. The van der Waals surface area contributed by atoms with Crippen molar-refractivity contribution in [2.24, 2.45) is 0 Å². The molecule has 1 aromatic heterocycles. The zero-order valence-corrected chi connectivity index (χ0v) is 17.8. The number of aromatic nitrogens is 2. The molecule has 2 N–H and O–H groups in total. The summed E-state index contributed by atoms with van der Waals surface area (Å²) >= 11 is 0. The third-order valence-electron chi connectivity index (χ3n) is 5.77. The molecule has 6 heteroatoms. The molecular weight excluding hydrogens is 414 g/mol. The van der Waals surface area contributed by atoms with E-state index in [9.17, 15) is 14.7 Å². The predicted octanol–water partition coefficient (Wildman–Crippen LogP) is 4.00. The van der Waals surface area contributed by atoms with Gasteiger partial charge in [0.05, 0.1) is 5.56 Å². The van der Waals surface area contributed by atoms with E-state index in [-0.39, 0.29) is 11.5 Å². The average Bonchev–Trinajstić information content (AvgIpc) is 3.16. The van der Waals surface area contributed by atoms with Gasteiger partial charge in [0.25, 0.3) is 0 Å². The molecule has 2 heterocycles. The molecule has 0 saturated carbocycles. The Morgan fingerprint density at radius 2 is 1.64 bits per heavy atom. The zero-order chi connectivity index (χ0) is 22.8. The van der Waals surface area contributed by atoms with Gasteiger partial charge in [0.2, 0.25) is 0 Å². The number of carbonyl (C=O) groups is 2. The van der Waals surface area contributed by atoms with E-state index in [0.29, 0.717) is 18.7 Å². The van der Waals surface area contributed by atoms with Crippen LogP contribution in [0.2, 0.25) is 0 Å². The summed E-state index contributed by atoms with van der Waals surface area (Å²) in [5.41, 5.74) is 4.56. The fourth-order valence-corrected chi connectivity index (χ4v) is 4.14. The van der Waals surface area contributed by atoms with Gasteiger partial charge in [0.1, 0.15) is 17.6 Å². The Labute approximate surface area is 191 Å². The molecule has 0 spiro atoms. The molecule has 3 aromatic carbocycles. The van der Waals surface area contributed by atoms with E-state index in [0.717, 1.165) is 28.1 Å². The third-order valence-corrected chi connectivity index (χ3v) is 5.77. The zero-order valence-electron chi connectivity index (χ0n) is 17.8. The molecule has 6 nitrogen and oxygen atoms in total. The van der Waals surface area contributed by atoms with Gasteiger partial charge in [-0.2, -0.15) is 4.57 Å². The monoisotopic (exact) mass is 436 g/mol. The second kappa shape index (κ2) is 8.67. The van der Waals surface area contributed by atoms with Crippen molar-refractivity contribution in [3.05, 3.63) is 114 Å². The Hall–Kier alpha value is -4.32. The Balaban J connectivity index is 1.52. The Morgan fingerprint density at radius 3 is 2.36 bits per heavy atom. The highest BCUT2D eigenvalue weighted by Crippen LogP contribution is 2.25. The number of carboxylic acids is 1. The summed E-state index contributed by atoms with van der Waals surface area (Å²) in [5.74, 6) is -0.385. The SMILES string of the molecule is O=C(O)c1cccc(CC2Nc3c(Cc4ccccc4)nc(-c4ccccc4)c[n+]3C2=O)c1. The van der Waals surface area contributed by atoms with E-state index in [1.165, 1.54) is 0 Å². The molecule has 1 aliphatic rings. The van der Waals surface area contributed by atoms with Crippen molar-refractivity contribution in [3.8, 4) is 11.3 Å². The molecule has 1 unspecified atom stereocenters. The van der Waals surface area contributed by atoms with Crippen molar-refractivity contribution < 1.29 is 19.3 Å². The molecule has 1 atom stereocenters. The van der Waals surface area contributed by atoms with Crippen molar-refractivity contribution in [1.82, 2.24) is 4.98 Å². The Morgan fingerprint density at radius 1 is 0.939 bits per heavy atom. The standard InChI is InChI=1S/C27H21N3O3/c31-26-23(16-19-10-7-13-21(14-19)27(32)33)29-25-22(15-18-8-3-1-4-9-18)28-24(17-30(25)26)20-11-5-2-6-12-20/h1-14,17,23H,15-16H2,(H,32,33)/p+1. The van der Waals surface area contributed by atoms with Crippen molar-refractivity contribution in [2.45, 2.75) is 18.9 Å². The van der Waals surface area contributed by atoms with Crippen LogP contribution in [-0.2, 0) is 12.8 Å². The van der Waals surface area contributed by atoms with Crippen molar-refractivity contribution in [2.75, 3.05) is 5.32 Å². The maximum Gasteiger partial charge on any atom is 0.359 e. The van der Waals surface area contributed by atoms with Gasteiger partial charge in [-0.25, -0.2) is 14.6 Å². The highest BCUT2D eigenvalue weighted by Gasteiger charge is 2.41. The second-order valence-electron chi connectivity index (χ2n) is 8.06. The van der Waals surface area contributed by atoms with Gasteiger partial charge in [-0.3, -0.25) is 5.32 Å². The predicted molar refractivity (Wildman–Crippen MR) is 124 cm³/mol. The summed E-state index contributed by atoms with van der Waals surface area (Å²) in [7, 11) is 0. The van der Waals surface area contributed by atoms with Gasteiger partial charge < -0.3 is 5.11 Å². The number of hydrogen-bond donors (Lipinski definition) is 2. The van der Waals surface area contributed by atoms with E-state index in [4.69, 9.17) is 4.98 Å². The number of carboxylic acid groups (broad SMARTS) is 1. The maximum absolute atomic E-state index is 13.4. The Kier molecular flexibility index (Phi) is 5.40. The first kappa shape index (κ1) is 20.6. The molecule has 4 aromatic rings. The lowest BCUT2D eigenvalue weighted by Crippen LogP contribution is -2.44. The van der Waals surface area contributed by atoms with Crippen LogP contribution in [0.3, 0.4) is 0 Å². The maximum atomic E-state index is 13.4. The minimum Gasteiger partial charge on any atom is -0.478 e. The highest BCUT2D eigenvalue weighted by atomic mass is 16.4. The first-order valence-electron chi connectivity index (χ1n) is 10.8. The minimum absolute atomic E-state index is 0.0837. The summed E-state index contributed by atoms with van der Waals surface area (Å²) in [6.07, 6.45) is 2.74. The van der Waals surface area contributed by atoms with Crippen LogP contribution in [0.15, 0.2) is 91.1 Å². The summed E-state index contributed by atoms with van der Waals surface area (Å²) in [5, 5.41) is 12.6. The molecule has 0 amide bonds. The number of carbonyl (C=O) groups excluding carboxylic acids is 1. The van der Waals surface area contributed by atoms with Gasteiger partial charge in [0, 0.05) is 18.4 Å². The van der Waals surface area contributed by atoms with E-state index in [2.05, 4.69) is 5.32 Å². The van der Waals surface area contributed by atoms with E-state index < -0.39 is 12.0 Å². The largest absolute Gasteiger partial charge is 0.478 e. The number of anilines is 1. The Bertz CT molecular complexity index is 1340. The molecule has 1 aliphatic heterocycles. The van der Waals surface area contributed by atoms with Crippen LogP contribution in [0.4, 0.5) is 5.82 Å². The molecule has 0 bridgehead atoms. The van der Waals surface area contributed by atoms with Crippen LogP contribution in [0.1, 0.15) is 32.0 Å². The second-order valence-corrected chi connectivity index (χ2v) is 8.06. The van der Waals surface area contributed by atoms with Crippen LogP contribution in [0.25, 0.3) is 11.3 Å². The van der Waals surface area contributed by atoms with Crippen LogP contribution in [0, 0.1) is 0 Å². The molecule has 33 heavy (non-hydrogen) atoms.